The van der Waals surface area contributed by atoms with E-state index in [1.807, 2.05) is 36.4 Å². The Morgan fingerprint density at radius 2 is 1.58 bits per heavy atom. The van der Waals surface area contributed by atoms with Crippen LogP contribution >= 0.6 is 0 Å². The van der Waals surface area contributed by atoms with Crippen LogP contribution in [0.15, 0.2) is 65.7 Å². The van der Waals surface area contributed by atoms with Gasteiger partial charge < -0.3 is 4.74 Å². The third-order valence-corrected chi connectivity index (χ3v) is 2.44. The molecule has 0 bridgehead atoms. The van der Waals surface area contributed by atoms with Gasteiger partial charge in [0.1, 0.15) is 0 Å². The molecule has 2 aromatic rings. The van der Waals surface area contributed by atoms with E-state index in [4.69, 9.17) is 4.74 Å². The highest BCUT2D eigenvalue weighted by Gasteiger charge is 2.08. The maximum atomic E-state index is 11.9. The van der Waals surface area contributed by atoms with Gasteiger partial charge in [0.25, 0.3) is 11.9 Å². The van der Waals surface area contributed by atoms with Crippen LogP contribution in [0.2, 0.25) is 0 Å². The molecule has 1 N–H and O–H groups in total. The molecule has 0 atom stereocenters. The normalized spacial score (nSPS) is 10.9. The number of rotatable bonds is 2. The second-order valence-corrected chi connectivity index (χ2v) is 3.78. The number of aliphatic imine (C=N–C) groups is 1. The number of amides is 1. The van der Waals surface area contributed by atoms with Gasteiger partial charge in [-0.3, -0.25) is 10.1 Å². The Hall–Kier alpha value is -2.62. The van der Waals surface area contributed by atoms with E-state index < -0.39 is 0 Å². The largest absolute Gasteiger partial charge is 0.468 e. The number of ether oxygens (including phenoxy) is 1. The molecule has 0 unspecified atom stereocenters. The molecule has 0 fully saturated rings. The molecule has 2 rings (SSSR count). The molecular weight excluding hydrogens is 240 g/mol. The number of amidine groups is 1. The number of methoxy groups -OCH3 is 1. The molecule has 96 valence electrons. The lowest BCUT2D eigenvalue weighted by atomic mass is 10.2. The van der Waals surface area contributed by atoms with Gasteiger partial charge >= 0.3 is 0 Å². The first-order valence-electron chi connectivity index (χ1n) is 5.84. The van der Waals surface area contributed by atoms with Crippen LogP contribution in [-0.2, 0) is 4.74 Å². The molecule has 19 heavy (non-hydrogen) atoms. The molecule has 0 radical (unpaired) electrons. The van der Waals surface area contributed by atoms with Gasteiger partial charge in [-0.2, -0.15) is 4.99 Å². The number of para-hydroxylation sites is 1. The van der Waals surface area contributed by atoms with Gasteiger partial charge in [-0.05, 0) is 24.3 Å². The molecule has 0 heterocycles. The molecule has 4 nitrogen and oxygen atoms in total. The molecule has 0 aliphatic carbocycles. The quantitative estimate of drug-likeness (QED) is 0.661. The summed E-state index contributed by atoms with van der Waals surface area (Å²) in [5.74, 6) is -0.253. The average Bonchev–Trinajstić information content (AvgIpc) is 2.48. The maximum Gasteiger partial charge on any atom is 0.296 e. The van der Waals surface area contributed by atoms with Crippen molar-refractivity contribution in [1.29, 1.82) is 0 Å². The van der Waals surface area contributed by atoms with Gasteiger partial charge in [0, 0.05) is 5.56 Å². The van der Waals surface area contributed by atoms with Crippen molar-refractivity contribution in [2.45, 2.75) is 0 Å². The Bertz CT molecular complexity index is 565. The molecular formula is C15H14N2O2. The molecule has 0 saturated carbocycles. The number of hydrogen-bond acceptors (Lipinski definition) is 3. The molecule has 0 saturated heterocycles. The molecule has 0 spiro atoms. The second-order valence-electron chi connectivity index (χ2n) is 3.78. The van der Waals surface area contributed by atoms with Gasteiger partial charge in [-0.1, -0.05) is 36.4 Å². The van der Waals surface area contributed by atoms with Crippen LogP contribution in [0.4, 0.5) is 5.69 Å². The number of benzene rings is 2. The SMILES string of the molecule is COC(=Nc1ccccc1)NC(=O)c1ccccc1. The fraction of sp³-hybridized carbons (Fsp3) is 0.0667. The van der Waals surface area contributed by atoms with E-state index in [0.717, 1.165) is 0 Å². The van der Waals surface area contributed by atoms with E-state index in [0.29, 0.717) is 11.3 Å². The highest BCUT2D eigenvalue weighted by atomic mass is 16.5. The van der Waals surface area contributed by atoms with Crippen LogP contribution in [0.3, 0.4) is 0 Å². The summed E-state index contributed by atoms with van der Waals surface area (Å²) in [6.45, 7) is 0. The zero-order chi connectivity index (χ0) is 13.5. The summed E-state index contributed by atoms with van der Waals surface area (Å²) in [6, 6.07) is 18.4. The predicted molar refractivity (Wildman–Crippen MR) is 74.5 cm³/mol. The summed E-state index contributed by atoms with van der Waals surface area (Å²) in [5, 5.41) is 2.62. The molecule has 0 aromatic heterocycles. The monoisotopic (exact) mass is 254 g/mol. The standard InChI is InChI=1S/C15H14N2O2/c1-19-15(16-13-10-6-3-7-11-13)17-14(18)12-8-4-2-5-9-12/h2-11H,1H3,(H,16,17,18). The van der Waals surface area contributed by atoms with Crippen molar-refractivity contribution in [3.05, 3.63) is 66.2 Å². The van der Waals surface area contributed by atoms with Gasteiger partial charge in [-0.15, -0.1) is 0 Å². The molecule has 4 heteroatoms. The zero-order valence-corrected chi connectivity index (χ0v) is 10.5. The summed E-state index contributed by atoms with van der Waals surface area (Å²) in [6.07, 6.45) is 0. The lowest BCUT2D eigenvalue weighted by molar-refractivity contribution is 0.0968. The fourth-order valence-electron chi connectivity index (χ4n) is 1.50. The summed E-state index contributed by atoms with van der Waals surface area (Å²) in [5.41, 5.74) is 1.27. The highest BCUT2D eigenvalue weighted by Crippen LogP contribution is 2.09. The van der Waals surface area contributed by atoms with Crippen LogP contribution < -0.4 is 5.32 Å². The van der Waals surface area contributed by atoms with Crippen LogP contribution in [0.1, 0.15) is 10.4 Å². The smallest absolute Gasteiger partial charge is 0.296 e. The first kappa shape index (κ1) is 12.8. The number of nitrogens with zero attached hydrogens (tertiary/aromatic N) is 1. The fourth-order valence-corrected chi connectivity index (χ4v) is 1.50. The van der Waals surface area contributed by atoms with E-state index in [1.54, 1.807) is 24.3 Å². The van der Waals surface area contributed by atoms with Crippen LogP contribution in [0, 0.1) is 0 Å². The minimum absolute atomic E-state index is 0.167. The topological polar surface area (TPSA) is 50.7 Å². The third kappa shape index (κ3) is 3.67. The molecule has 0 aliphatic heterocycles. The minimum atomic E-state index is -0.253. The molecule has 2 aromatic carbocycles. The summed E-state index contributed by atoms with van der Waals surface area (Å²) in [7, 11) is 1.47. The predicted octanol–water partition coefficient (Wildman–Crippen LogP) is 2.75. The van der Waals surface area contributed by atoms with Crippen molar-refractivity contribution in [2.24, 2.45) is 4.99 Å². The van der Waals surface area contributed by atoms with Gasteiger partial charge in [0.15, 0.2) is 0 Å². The number of carbonyl (C=O) groups is 1. The molecule has 0 aliphatic rings. The Balaban J connectivity index is 2.12. The van der Waals surface area contributed by atoms with Crippen molar-refractivity contribution in [3.63, 3.8) is 0 Å². The van der Waals surface area contributed by atoms with Gasteiger partial charge in [0.2, 0.25) is 0 Å². The summed E-state index contributed by atoms with van der Waals surface area (Å²) >= 11 is 0. The first-order chi connectivity index (χ1) is 9.29. The van der Waals surface area contributed by atoms with E-state index in [-0.39, 0.29) is 11.9 Å². The Morgan fingerprint density at radius 1 is 1.00 bits per heavy atom. The van der Waals surface area contributed by atoms with E-state index in [9.17, 15) is 4.79 Å². The number of nitrogens with one attached hydrogen (secondary N) is 1. The van der Waals surface area contributed by atoms with Gasteiger partial charge in [0.05, 0.1) is 12.8 Å². The van der Waals surface area contributed by atoms with Crippen molar-refractivity contribution >= 4 is 17.6 Å². The minimum Gasteiger partial charge on any atom is -0.468 e. The lowest BCUT2D eigenvalue weighted by Crippen LogP contribution is -2.31. The Kier molecular flexibility index (Phi) is 4.29. The van der Waals surface area contributed by atoms with Crippen molar-refractivity contribution in [1.82, 2.24) is 5.32 Å². The van der Waals surface area contributed by atoms with Gasteiger partial charge in [-0.25, -0.2) is 0 Å². The lowest BCUT2D eigenvalue weighted by Gasteiger charge is -2.07. The van der Waals surface area contributed by atoms with Crippen molar-refractivity contribution in [3.8, 4) is 0 Å². The Labute approximate surface area is 111 Å². The van der Waals surface area contributed by atoms with Crippen LogP contribution in [-0.4, -0.2) is 19.0 Å². The van der Waals surface area contributed by atoms with Crippen LogP contribution in [0.25, 0.3) is 0 Å². The maximum absolute atomic E-state index is 11.9. The second kappa shape index (κ2) is 6.35. The van der Waals surface area contributed by atoms with E-state index in [1.165, 1.54) is 7.11 Å². The highest BCUT2D eigenvalue weighted by molar-refractivity contribution is 6.04. The summed E-state index contributed by atoms with van der Waals surface area (Å²) < 4.78 is 5.06. The summed E-state index contributed by atoms with van der Waals surface area (Å²) in [4.78, 5) is 16.1. The Morgan fingerprint density at radius 3 is 2.16 bits per heavy atom. The van der Waals surface area contributed by atoms with Crippen LogP contribution in [0.5, 0.6) is 0 Å². The van der Waals surface area contributed by atoms with Crippen molar-refractivity contribution < 1.29 is 9.53 Å². The zero-order valence-electron chi connectivity index (χ0n) is 10.5. The third-order valence-electron chi connectivity index (χ3n) is 2.44. The number of hydrogen-bond donors (Lipinski definition) is 1. The molecule has 1 amide bonds. The van der Waals surface area contributed by atoms with E-state index in [2.05, 4.69) is 10.3 Å². The van der Waals surface area contributed by atoms with Crippen molar-refractivity contribution in [2.75, 3.05) is 7.11 Å². The first-order valence-corrected chi connectivity index (χ1v) is 5.84. The number of carbonyl (C=O) groups excluding carboxylic acids is 1. The van der Waals surface area contributed by atoms with E-state index >= 15 is 0 Å². The average molecular weight is 254 g/mol.